The Labute approximate surface area is 196 Å². The van der Waals surface area contributed by atoms with Gasteiger partial charge in [-0.3, -0.25) is 9.78 Å². The molecule has 174 valence electrons. The van der Waals surface area contributed by atoms with Crippen LogP contribution >= 0.6 is 23.2 Å². The number of hydrogen-bond acceptors (Lipinski definition) is 7. The Kier molecular flexibility index (Phi) is 9.50. The van der Waals surface area contributed by atoms with E-state index in [1.54, 1.807) is 12.1 Å². The molecule has 1 aromatic carbocycles. The highest BCUT2D eigenvalue weighted by atomic mass is 35.5. The molecule has 0 spiro atoms. The van der Waals surface area contributed by atoms with Crippen molar-refractivity contribution < 1.29 is 14.6 Å². The van der Waals surface area contributed by atoms with Crippen molar-refractivity contribution in [3.63, 3.8) is 0 Å². The number of aliphatic hydroxyl groups is 1. The molecule has 1 saturated heterocycles. The first-order valence-electron chi connectivity index (χ1n) is 10.7. The van der Waals surface area contributed by atoms with Crippen LogP contribution in [-0.4, -0.2) is 53.3 Å². The second-order valence-electron chi connectivity index (χ2n) is 7.72. The number of aromatic nitrogens is 2. The van der Waals surface area contributed by atoms with Gasteiger partial charge in [0.25, 0.3) is 5.56 Å². The van der Waals surface area contributed by atoms with E-state index in [1.165, 1.54) is 0 Å². The van der Waals surface area contributed by atoms with Crippen molar-refractivity contribution in [1.29, 1.82) is 5.41 Å². The lowest BCUT2D eigenvalue weighted by molar-refractivity contribution is -0.146. The molecule has 2 atom stereocenters. The van der Waals surface area contributed by atoms with Gasteiger partial charge in [-0.2, -0.15) is 0 Å². The minimum atomic E-state index is -0.241. The summed E-state index contributed by atoms with van der Waals surface area (Å²) in [5.41, 5.74) is 1.53. The van der Waals surface area contributed by atoms with Crippen molar-refractivity contribution in [3.05, 3.63) is 55.4 Å². The Morgan fingerprint density at radius 3 is 2.66 bits per heavy atom. The van der Waals surface area contributed by atoms with E-state index in [2.05, 4.69) is 15.3 Å². The zero-order chi connectivity index (χ0) is 22.9. The molecular weight excluding hydrogens is 455 g/mol. The van der Waals surface area contributed by atoms with Crippen LogP contribution < -0.4 is 10.9 Å². The fourth-order valence-corrected chi connectivity index (χ4v) is 3.82. The molecule has 8 nitrogen and oxygen atoms in total. The smallest absolute Gasteiger partial charge is 0.256 e. The average molecular weight is 483 g/mol. The molecule has 0 saturated carbocycles. The molecular formula is C22H28Cl2N4O4. The number of nitrogens with zero attached hydrogens (tertiary/aromatic N) is 1. The Bertz CT molecular complexity index is 961. The largest absolute Gasteiger partial charge is 0.394 e. The number of H-pyrrole nitrogens is 1. The van der Waals surface area contributed by atoms with E-state index in [0.29, 0.717) is 53.4 Å². The number of rotatable bonds is 11. The van der Waals surface area contributed by atoms with E-state index in [0.717, 1.165) is 37.5 Å². The van der Waals surface area contributed by atoms with Crippen molar-refractivity contribution in [2.24, 2.45) is 0 Å². The highest BCUT2D eigenvalue weighted by Gasteiger charge is 2.21. The first-order chi connectivity index (χ1) is 15.5. The number of anilines is 1. The molecule has 2 heterocycles. The van der Waals surface area contributed by atoms with Crippen LogP contribution in [0.2, 0.25) is 10.0 Å². The molecule has 0 radical (unpaired) electrons. The summed E-state index contributed by atoms with van der Waals surface area (Å²) in [5.74, 6) is 0.305. The van der Waals surface area contributed by atoms with Crippen LogP contribution in [0.1, 0.15) is 42.5 Å². The Morgan fingerprint density at radius 1 is 1.19 bits per heavy atom. The summed E-state index contributed by atoms with van der Waals surface area (Å²) in [6.45, 7) is 1.32. The number of benzene rings is 1. The fraction of sp³-hybridized carbons (Fsp3) is 0.500. The van der Waals surface area contributed by atoms with Gasteiger partial charge in [0.2, 0.25) is 5.95 Å². The van der Waals surface area contributed by atoms with Crippen molar-refractivity contribution in [3.8, 4) is 0 Å². The van der Waals surface area contributed by atoms with Crippen molar-refractivity contribution in [1.82, 2.24) is 9.97 Å². The highest BCUT2D eigenvalue weighted by molar-refractivity contribution is 6.42. The summed E-state index contributed by atoms with van der Waals surface area (Å²) in [7, 11) is 0. The lowest BCUT2D eigenvalue weighted by Gasteiger charge is -2.28. The summed E-state index contributed by atoms with van der Waals surface area (Å²) >= 11 is 12.0. The number of ether oxygens (including phenoxy) is 2. The highest BCUT2D eigenvalue weighted by Crippen LogP contribution is 2.23. The van der Waals surface area contributed by atoms with Crippen LogP contribution in [0.4, 0.5) is 5.95 Å². The summed E-state index contributed by atoms with van der Waals surface area (Å²) in [4.78, 5) is 19.7. The fourth-order valence-electron chi connectivity index (χ4n) is 3.50. The lowest BCUT2D eigenvalue weighted by atomic mass is 10.0. The maximum atomic E-state index is 12.6. The van der Waals surface area contributed by atoms with Gasteiger partial charge in [-0.25, -0.2) is 4.98 Å². The van der Waals surface area contributed by atoms with Crippen LogP contribution in [-0.2, 0) is 22.4 Å². The van der Waals surface area contributed by atoms with Gasteiger partial charge in [-0.15, -0.1) is 0 Å². The normalized spacial score (nSPS) is 18.5. The van der Waals surface area contributed by atoms with Gasteiger partial charge in [-0.05, 0) is 37.0 Å². The molecule has 1 aromatic heterocycles. The van der Waals surface area contributed by atoms with Gasteiger partial charge < -0.3 is 25.3 Å². The van der Waals surface area contributed by atoms with Crippen LogP contribution in [0.15, 0.2) is 23.0 Å². The van der Waals surface area contributed by atoms with E-state index < -0.39 is 0 Å². The van der Waals surface area contributed by atoms with E-state index in [-0.39, 0.29) is 24.4 Å². The van der Waals surface area contributed by atoms with Crippen LogP contribution in [0.5, 0.6) is 0 Å². The topological polar surface area (TPSA) is 120 Å². The SMILES string of the molecule is N=Cc1nc(NCc2ccc(Cl)c(Cl)c2)[nH]c(=O)c1CCCCC[C@@H]1CO[C@@H](CO)CO1. The van der Waals surface area contributed by atoms with Gasteiger partial charge in [0.1, 0.15) is 6.10 Å². The molecule has 10 heteroatoms. The van der Waals surface area contributed by atoms with E-state index in [1.807, 2.05) is 6.07 Å². The maximum Gasteiger partial charge on any atom is 0.256 e. The first-order valence-corrected chi connectivity index (χ1v) is 11.4. The van der Waals surface area contributed by atoms with Gasteiger partial charge in [-0.1, -0.05) is 42.1 Å². The van der Waals surface area contributed by atoms with E-state index in [9.17, 15) is 4.79 Å². The molecule has 0 amide bonds. The van der Waals surface area contributed by atoms with Crippen LogP contribution in [0.25, 0.3) is 0 Å². The monoisotopic (exact) mass is 482 g/mol. The average Bonchev–Trinajstić information content (AvgIpc) is 2.80. The molecule has 0 bridgehead atoms. The third-order valence-corrected chi connectivity index (χ3v) is 6.06. The minimum Gasteiger partial charge on any atom is -0.394 e. The summed E-state index contributed by atoms with van der Waals surface area (Å²) in [6.07, 6.45) is 5.07. The maximum absolute atomic E-state index is 12.6. The predicted molar refractivity (Wildman–Crippen MR) is 125 cm³/mol. The molecule has 1 fully saturated rings. The van der Waals surface area contributed by atoms with Gasteiger partial charge in [0, 0.05) is 18.3 Å². The van der Waals surface area contributed by atoms with Crippen molar-refractivity contribution >= 4 is 35.4 Å². The van der Waals surface area contributed by atoms with Crippen molar-refractivity contribution in [2.45, 2.75) is 50.9 Å². The third-order valence-electron chi connectivity index (χ3n) is 5.32. The zero-order valence-corrected chi connectivity index (χ0v) is 19.2. The Hall–Kier alpha value is -1.97. The number of nitrogens with one attached hydrogen (secondary N) is 3. The van der Waals surface area contributed by atoms with Gasteiger partial charge in [0.15, 0.2) is 0 Å². The van der Waals surface area contributed by atoms with Crippen molar-refractivity contribution in [2.75, 3.05) is 25.1 Å². The van der Waals surface area contributed by atoms with Crippen LogP contribution in [0, 0.1) is 5.41 Å². The first kappa shape index (κ1) is 24.7. The summed E-state index contributed by atoms with van der Waals surface area (Å²) < 4.78 is 11.2. The molecule has 0 unspecified atom stereocenters. The summed E-state index contributed by atoms with van der Waals surface area (Å²) in [6, 6.07) is 5.29. The van der Waals surface area contributed by atoms with Crippen LogP contribution in [0.3, 0.4) is 0 Å². The molecule has 32 heavy (non-hydrogen) atoms. The number of aromatic amines is 1. The molecule has 0 aliphatic carbocycles. The number of unbranched alkanes of at least 4 members (excludes halogenated alkanes) is 2. The van der Waals surface area contributed by atoms with E-state index in [4.69, 9.17) is 43.2 Å². The molecule has 3 rings (SSSR count). The second-order valence-corrected chi connectivity index (χ2v) is 8.53. The molecule has 4 N–H and O–H groups in total. The number of halogens is 2. The Morgan fingerprint density at radius 2 is 1.97 bits per heavy atom. The molecule has 1 aliphatic heterocycles. The molecule has 1 aliphatic rings. The number of hydrogen-bond donors (Lipinski definition) is 4. The second kappa shape index (κ2) is 12.3. The van der Waals surface area contributed by atoms with Gasteiger partial charge >= 0.3 is 0 Å². The summed E-state index contributed by atoms with van der Waals surface area (Å²) in [5, 5.41) is 20.7. The molecule has 2 aromatic rings. The number of aliphatic hydroxyl groups excluding tert-OH is 1. The quantitative estimate of drug-likeness (QED) is 0.287. The predicted octanol–water partition coefficient (Wildman–Crippen LogP) is 3.57. The van der Waals surface area contributed by atoms with Gasteiger partial charge in [0.05, 0.1) is 41.7 Å². The third kappa shape index (κ3) is 7.02. The Balaban J connectivity index is 1.47. The standard InChI is InChI=1S/C22H28Cl2N4O4/c23-18-7-6-14(8-19(18)24)10-26-22-27-20(9-25)17(21(30)28-22)5-3-1-2-4-15-12-32-16(11-29)13-31-15/h6-9,15-16,25,29H,1-5,10-13H2,(H2,26,27,28,30)/t15-,16+/m1/s1. The lowest BCUT2D eigenvalue weighted by Crippen LogP contribution is -2.37. The minimum absolute atomic E-state index is 0.0194. The zero-order valence-electron chi connectivity index (χ0n) is 17.7. The van der Waals surface area contributed by atoms with E-state index >= 15 is 0 Å².